The summed E-state index contributed by atoms with van der Waals surface area (Å²) < 4.78 is 2.03. The first-order chi connectivity index (χ1) is 11.2. The van der Waals surface area contributed by atoms with E-state index in [1.807, 2.05) is 10.6 Å². The lowest BCUT2D eigenvalue weighted by Gasteiger charge is -2.45. The van der Waals surface area contributed by atoms with Gasteiger partial charge < -0.3 is 14.6 Å². The molecule has 3 fully saturated rings. The van der Waals surface area contributed by atoms with Crippen molar-refractivity contribution in [3.63, 3.8) is 0 Å². The van der Waals surface area contributed by atoms with Gasteiger partial charge in [-0.2, -0.15) is 0 Å². The van der Waals surface area contributed by atoms with Gasteiger partial charge in [-0.25, -0.2) is 0 Å². The molecule has 6 rings (SSSR count). The summed E-state index contributed by atoms with van der Waals surface area (Å²) in [7, 11) is 0. The molecule has 0 amide bonds. The summed E-state index contributed by atoms with van der Waals surface area (Å²) in [5.41, 5.74) is 2.35. The van der Waals surface area contributed by atoms with E-state index in [1.54, 1.807) is 6.07 Å². The van der Waals surface area contributed by atoms with Crippen LogP contribution in [0.4, 0.5) is 0 Å². The maximum atomic E-state index is 13.1. The molecule has 0 spiro atoms. The molecule has 3 saturated heterocycles. The van der Waals surface area contributed by atoms with Crippen molar-refractivity contribution in [3.8, 4) is 5.75 Å². The highest BCUT2D eigenvalue weighted by Gasteiger charge is 2.36. The molecule has 4 aliphatic rings. The molecule has 1 aliphatic carbocycles. The summed E-state index contributed by atoms with van der Waals surface area (Å²) in [5.74, 6) is 0.987. The molecule has 3 aliphatic heterocycles. The first-order valence-corrected chi connectivity index (χ1v) is 8.83. The normalized spacial score (nSPS) is 29.1. The summed E-state index contributed by atoms with van der Waals surface area (Å²) in [6.45, 7) is 3.39. The van der Waals surface area contributed by atoms with Crippen molar-refractivity contribution in [2.45, 2.75) is 38.1 Å². The first-order valence-electron chi connectivity index (χ1n) is 8.83. The number of aromatic nitrogens is 1. The number of fused-ring (bicyclic) bond motifs is 3. The van der Waals surface area contributed by atoms with Gasteiger partial charge in [-0.1, -0.05) is 0 Å². The van der Waals surface area contributed by atoms with Crippen molar-refractivity contribution in [2.24, 2.45) is 5.92 Å². The van der Waals surface area contributed by atoms with Crippen LogP contribution in [0.15, 0.2) is 23.1 Å². The SMILES string of the molecule is O=c1c2ccc(O)c3c2c(cn1[C@@H]1CN2CCC1CC2)CCC3. The van der Waals surface area contributed by atoms with Crippen molar-refractivity contribution < 1.29 is 5.11 Å². The molecular weight excluding hydrogens is 288 g/mol. The minimum absolute atomic E-state index is 0.130. The molecule has 0 saturated carbocycles. The lowest BCUT2D eigenvalue weighted by atomic mass is 9.83. The van der Waals surface area contributed by atoms with Crippen LogP contribution in [0.1, 0.15) is 36.4 Å². The standard InChI is InChI=1S/C19H22N2O2/c22-17-5-4-15-18-13(2-1-3-14(17)18)10-21(19(15)23)16-11-20-8-6-12(16)7-9-20/h4-5,10,12,16,22H,1-3,6-9,11H2/t16-/m1/s1. The maximum Gasteiger partial charge on any atom is 0.258 e. The minimum Gasteiger partial charge on any atom is -0.508 e. The summed E-state index contributed by atoms with van der Waals surface area (Å²) in [4.78, 5) is 15.6. The third-order valence-electron chi connectivity index (χ3n) is 6.22. The molecule has 4 nitrogen and oxygen atoms in total. The highest BCUT2D eigenvalue weighted by atomic mass is 16.3. The molecule has 1 atom stereocenters. The molecule has 4 heterocycles. The van der Waals surface area contributed by atoms with Gasteiger partial charge in [0.15, 0.2) is 0 Å². The van der Waals surface area contributed by atoms with Gasteiger partial charge in [0, 0.05) is 23.7 Å². The number of hydrogen-bond donors (Lipinski definition) is 1. The van der Waals surface area contributed by atoms with Gasteiger partial charge in [0.1, 0.15) is 5.75 Å². The number of piperidine rings is 3. The quantitative estimate of drug-likeness (QED) is 0.880. The predicted molar refractivity (Wildman–Crippen MR) is 90.1 cm³/mol. The Kier molecular flexibility index (Phi) is 2.87. The van der Waals surface area contributed by atoms with E-state index >= 15 is 0 Å². The van der Waals surface area contributed by atoms with E-state index in [1.165, 1.54) is 31.5 Å². The average molecular weight is 310 g/mol. The van der Waals surface area contributed by atoms with E-state index in [-0.39, 0.29) is 5.56 Å². The Balaban J connectivity index is 1.74. The Bertz CT molecular complexity index is 847. The van der Waals surface area contributed by atoms with E-state index in [2.05, 4.69) is 11.1 Å². The summed E-state index contributed by atoms with van der Waals surface area (Å²) in [5, 5.41) is 12.0. The van der Waals surface area contributed by atoms with Crippen LogP contribution in [0.25, 0.3) is 10.8 Å². The first kappa shape index (κ1) is 13.6. The Morgan fingerprint density at radius 1 is 1.13 bits per heavy atom. The Morgan fingerprint density at radius 3 is 2.70 bits per heavy atom. The predicted octanol–water partition coefficient (Wildman–Crippen LogP) is 2.46. The third kappa shape index (κ3) is 1.91. The van der Waals surface area contributed by atoms with Gasteiger partial charge in [-0.05, 0) is 74.2 Å². The van der Waals surface area contributed by atoms with Crippen molar-refractivity contribution in [1.82, 2.24) is 9.47 Å². The van der Waals surface area contributed by atoms with E-state index < -0.39 is 0 Å². The van der Waals surface area contributed by atoms with Crippen LogP contribution in [0, 0.1) is 5.92 Å². The molecule has 1 N–H and O–H groups in total. The molecule has 2 aromatic rings. The third-order valence-corrected chi connectivity index (χ3v) is 6.22. The molecule has 1 aromatic carbocycles. The molecule has 23 heavy (non-hydrogen) atoms. The van der Waals surface area contributed by atoms with Crippen molar-refractivity contribution in [1.29, 1.82) is 0 Å². The number of nitrogens with zero attached hydrogens (tertiary/aromatic N) is 2. The number of pyridine rings is 1. The smallest absolute Gasteiger partial charge is 0.258 e. The zero-order valence-corrected chi connectivity index (χ0v) is 13.3. The van der Waals surface area contributed by atoms with Crippen LogP contribution in [0.2, 0.25) is 0 Å². The fourth-order valence-corrected chi connectivity index (χ4v) is 5.01. The van der Waals surface area contributed by atoms with E-state index in [4.69, 9.17) is 0 Å². The highest BCUT2D eigenvalue weighted by Crippen LogP contribution is 2.38. The topological polar surface area (TPSA) is 45.5 Å². The van der Waals surface area contributed by atoms with Crippen molar-refractivity contribution >= 4 is 10.8 Å². The molecule has 2 bridgehead atoms. The van der Waals surface area contributed by atoms with Gasteiger partial charge in [-0.3, -0.25) is 4.79 Å². The lowest BCUT2D eigenvalue weighted by molar-refractivity contribution is 0.0555. The highest BCUT2D eigenvalue weighted by molar-refractivity contribution is 5.90. The summed E-state index contributed by atoms with van der Waals surface area (Å²) in [6.07, 6.45) is 7.47. The minimum atomic E-state index is 0.130. The number of phenols is 1. The van der Waals surface area contributed by atoms with Gasteiger partial charge >= 0.3 is 0 Å². The molecule has 120 valence electrons. The number of rotatable bonds is 1. The maximum absolute atomic E-state index is 13.1. The zero-order chi connectivity index (χ0) is 15.6. The van der Waals surface area contributed by atoms with Crippen LogP contribution in [-0.4, -0.2) is 34.2 Å². The van der Waals surface area contributed by atoms with Crippen LogP contribution in [-0.2, 0) is 12.8 Å². The second kappa shape index (κ2) is 4.84. The monoisotopic (exact) mass is 310 g/mol. The second-order valence-electron chi connectivity index (χ2n) is 7.41. The van der Waals surface area contributed by atoms with Crippen LogP contribution in [0.3, 0.4) is 0 Å². The number of aromatic hydroxyl groups is 1. The number of phenolic OH excluding ortho intramolecular Hbond substituents is 1. The van der Waals surface area contributed by atoms with E-state index in [9.17, 15) is 9.90 Å². The molecule has 0 radical (unpaired) electrons. The molecule has 1 aromatic heterocycles. The molecule has 4 heteroatoms. The largest absolute Gasteiger partial charge is 0.508 e. The van der Waals surface area contributed by atoms with Gasteiger partial charge in [-0.15, -0.1) is 0 Å². The lowest BCUT2D eigenvalue weighted by Crippen LogP contribution is -2.50. The van der Waals surface area contributed by atoms with Gasteiger partial charge in [0.2, 0.25) is 0 Å². The Hall–Kier alpha value is -1.81. The molecule has 0 unspecified atom stereocenters. The van der Waals surface area contributed by atoms with E-state index in [0.29, 0.717) is 17.7 Å². The Morgan fingerprint density at radius 2 is 1.96 bits per heavy atom. The van der Waals surface area contributed by atoms with Gasteiger partial charge in [0.25, 0.3) is 5.56 Å². The fraction of sp³-hybridized carbons (Fsp3) is 0.526. The summed E-state index contributed by atoms with van der Waals surface area (Å²) >= 11 is 0. The van der Waals surface area contributed by atoms with E-state index in [0.717, 1.165) is 42.1 Å². The van der Waals surface area contributed by atoms with Crippen LogP contribution in [0.5, 0.6) is 5.75 Å². The fourth-order valence-electron chi connectivity index (χ4n) is 5.01. The second-order valence-corrected chi connectivity index (χ2v) is 7.41. The number of benzene rings is 1. The number of hydrogen-bond acceptors (Lipinski definition) is 3. The zero-order valence-electron chi connectivity index (χ0n) is 13.3. The summed E-state index contributed by atoms with van der Waals surface area (Å²) in [6, 6.07) is 3.85. The number of aryl methyl sites for hydroxylation is 2. The van der Waals surface area contributed by atoms with Crippen molar-refractivity contribution in [3.05, 3.63) is 39.8 Å². The van der Waals surface area contributed by atoms with Crippen LogP contribution >= 0.6 is 0 Å². The average Bonchev–Trinajstić information content (AvgIpc) is 2.60. The van der Waals surface area contributed by atoms with Crippen molar-refractivity contribution in [2.75, 3.05) is 19.6 Å². The van der Waals surface area contributed by atoms with Gasteiger partial charge in [0.05, 0.1) is 6.04 Å². The van der Waals surface area contributed by atoms with Crippen LogP contribution < -0.4 is 5.56 Å². The molecular formula is C19H22N2O2. The Labute approximate surface area is 135 Å².